The summed E-state index contributed by atoms with van der Waals surface area (Å²) in [5.74, 6) is 0. The Kier molecular flexibility index (Phi) is 4.11. The first-order valence-corrected chi connectivity index (χ1v) is 7.13. The summed E-state index contributed by atoms with van der Waals surface area (Å²) in [4.78, 5) is 5.30. The number of nitrogens with zero attached hydrogens (tertiary/aromatic N) is 2. The molecule has 0 spiro atoms. The largest absolute Gasteiger partial charge is 0.317 e. The average molecular weight is 239 g/mol. The van der Waals surface area contributed by atoms with E-state index in [9.17, 15) is 0 Å². The molecule has 0 amide bonds. The molecule has 0 saturated carbocycles. The molecule has 0 aliphatic carbocycles. The molecule has 100 valence electrons. The highest BCUT2D eigenvalue weighted by Gasteiger charge is 2.35. The van der Waals surface area contributed by atoms with Crippen molar-refractivity contribution in [3.63, 3.8) is 0 Å². The Bertz CT molecular complexity index is 240. The zero-order valence-electron chi connectivity index (χ0n) is 12.0. The Balaban J connectivity index is 1.97. The molecule has 0 aromatic heterocycles. The Morgan fingerprint density at radius 1 is 1.06 bits per heavy atom. The molecular weight excluding hydrogens is 210 g/mol. The van der Waals surface area contributed by atoms with Gasteiger partial charge in [-0.3, -0.25) is 4.90 Å². The summed E-state index contributed by atoms with van der Waals surface area (Å²) in [7, 11) is 2.29. The third-order valence-corrected chi connectivity index (χ3v) is 4.50. The third kappa shape index (κ3) is 3.21. The van der Waals surface area contributed by atoms with E-state index in [0.29, 0.717) is 11.5 Å². The molecule has 2 aliphatic rings. The van der Waals surface area contributed by atoms with Crippen molar-refractivity contribution < 1.29 is 0 Å². The van der Waals surface area contributed by atoms with Crippen molar-refractivity contribution in [2.75, 3.05) is 39.8 Å². The fourth-order valence-electron chi connectivity index (χ4n) is 3.33. The zero-order chi connectivity index (χ0) is 12.5. The van der Waals surface area contributed by atoms with Gasteiger partial charge in [-0.15, -0.1) is 0 Å². The fraction of sp³-hybridized carbons (Fsp3) is 1.00. The molecule has 1 unspecified atom stereocenters. The maximum Gasteiger partial charge on any atom is 0.0269 e. The van der Waals surface area contributed by atoms with Crippen LogP contribution in [-0.2, 0) is 0 Å². The van der Waals surface area contributed by atoms with Crippen LogP contribution in [0, 0.1) is 5.41 Å². The van der Waals surface area contributed by atoms with E-state index < -0.39 is 0 Å². The summed E-state index contributed by atoms with van der Waals surface area (Å²) in [6, 6.07) is 1.53. The van der Waals surface area contributed by atoms with Gasteiger partial charge in [0.05, 0.1) is 0 Å². The predicted octanol–water partition coefficient (Wildman–Crippen LogP) is 1.40. The normalized spacial score (nSPS) is 30.7. The molecule has 2 fully saturated rings. The summed E-state index contributed by atoms with van der Waals surface area (Å²) < 4.78 is 0. The lowest BCUT2D eigenvalue weighted by Gasteiger charge is -2.48. The molecule has 2 heterocycles. The Labute approximate surface area is 107 Å². The number of piperidine rings is 1. The quantitative estimate of drug-likeness (QED) is 0.746. The molecule has 0 radical (unpaired) electrons. The van der Waals surface area contributed by atoms with Crippen LogP contribution in [0.3, 0.4) is 0 Å². The van der Waals surface area contributed by atoms with Crippen molar-refractivity contribution in [2.45, 2.75) is 45.7 Å². The second-order valence-corrected chi connectivity index (χ2v) is 6.84. The zero-order valence-corrected chi connectivity index (χ0v) is 12.0. The van der Waals surface area contributed by atoms with E-state index >= 15 is 0 Å². The number of hydrogen-bond donors (Lipinski definition) is 1. The molecule has 2 saturated heterocycles. The van der Waals surface area contributed by atoms with Crippen LogP contribution in [-0.4, -0.2) is 61.7 Å². The molecule has 17 heavy (non-hydrogen) atoms. The second kappa shape index (κ2) is 5.25. The highest BCUT2D eigenvalue weighted by molar-refractivity contribution is 4.91. The van der Waals surface area contributed by atoms with Gasteiger partial charge in [-0.1, -0.05) is 20.8 Å². The maximum atomic E-state index is 3.47. The van der Waals surface area contributed by atoms with E-state index in [4.69, 9.17) is 0 Å². The molecule has 0 bridgehead atoms. The van der Waals surface area contributed by atoms with E-state index in [-0.39, 0.29) is 0 Å². The number of rotatable bonds is 1. The molecule has 2 aliphatic heterocycles. The number of hydrogen-bond acceptors (Lipinski definition) is 3. The van der Waals surface area contributed by atoms with Crippen molar-refractivity contribution in [2.24, 2.45) is 5.41 Å². The molecule has 1 N–H and O–H groups in total. The van der Waals surface area contributed by atoms with Crippen molar-refractivity contribution >= 4 is 0 Å². The number of piperazine rings is 1. The Hall–Kier alpha value is -0.120. The van der Waals surface area contributed by atoms with Crippen LogP contribution >= 0.6 is 0 Å². The summed E-state index contributed by atoms with van der Waals surface area (Å²) in [5.41, 5.74) is 0.389. The lowest BCUT2D eigenvalue weighted by molar-refractivity contribution is 0.00735. The third-order valence-electron chi connectivity index (χ3n) is 4.50. The van der Waals surface area contributed by atoms with Gasteiger partial charge in [0.15, 0.2) is 0 Å². The topological polar surface area (TPSA) is 18.5 Å². The van der Waals surface area contributed by atoms with E-state index in [1.807, 2.05) is 0 Å². The monoisotopic (exact) mass is 239 g/mol. The number of likely N-dealkylation sites (N-methyl/N-ethyl adjacent to an activating group) is 1. The minimum Gasteiger partial charge on any atom is -0.317 e. The van der Waals surface area contributed by atoms with Gasteiger partial charge in [0.2, 0.25) is 0 Å². The van der Waals surface area contributed by atoms with Crippen LogP contribution in [0.5, 0.6) is 0 Å². The Morgan fingerprint density at radius 3 is 2.29 bits per heavy atom. The van der Waals surface area contributed by atoms with Gasteiger partial charge in [0, 0.05) is 31.7 Å². The molecule has 0 aromatic rings. The van der Waals surface area contributed by atoms with Gasteiger partial charge in [-0.05, 0) is 38.4 Å². The van der Waals surface area contributed by atoms with Crippen LogP contribution in [0.4, 0.5) is 0 Å². The highest BCUT2D eigenvalue weighted by Crippen LogP contribution is 2.28. The van der Waals surface area contributed by atoms with E-state index in [0.717, 1.165) is 6.04 Å². The SMILES string of the molecule is CN1CCN(C2CCNCC2)CC1C(C)(C)C. The average Bonchev–Trinajstić information content (AvgIpc) is 2.29. The second-order valence-electron chi connectivity index (χ2n) is 6.84. The molecule has 0 aromatic carbocycles. The molecular formula is C14H29N3. The van der Waals surface area contributed by atoms with E-state index in [1.54, 1.807) is 0 Å². The molecule has 1 atom stereocenters. The summed E-state index contributed by atoms with van der Waals surface area (Å²) in [6.07, 6.45) is 2.67. The molecule has 3 nitrogen and oxygen atoms in total. The van der Waals surface area contributed by atoms with Crippen LogP contribution in [0.25, 0.3) is 0 Å². The minimum atomic E-state index is 0.389. The fourth-order valence-corrected chi connectivity index (χ4v) is 3.33. The standard InChI is InChI=1S/C14H29N3/c1-14(2,3)13-11-17(10-9-16(13)4)12-5-7-15-8-6-12/h12-13,15H,5-11H2,1-4H3. The van der Waals surface area contributed by atoms with Gasteiger partial charge in [-0.25, -0.2) is 0 Å². The first kappa shape index (κ1) is 13.3. The highest BCUT2D eigenvalue weighted by atomic mass is 15.3. The van der Waals surface area contributed by atoms with Gasteiger partial charge in [-0.2, -0.15) is 0 Å². The lowest BCUT2D eigenvalue weighted by Crippen LogP contribution is -2.59. The number of nitrogens with one attached hydrogen (secondary N) is 1. The van der Waals surface area contributed by atoms with Crippen LogP contribution < -0.4 is 5.32 Å². The van der Waals surface area contributed by atoms with Crippen molar-refractivity contribution in [3.8, 4) is 0 Å². The van der Waals surface area contributed by atoms with Gasteiger partial charge in [0.1, 0.15) is 0 Å². The van der Waals surface area contributed by atoms with Crippen molar-refractivity contribution in [1.29, 1.82) is 0 Å². The van der Waals surface area contributed by atoms with E-state index in [2.05, 4.69) is 42.9 Å². The van der Waals surface area contributed by atoms with Gasteiger partial charge in [0.25, 0.3) is 0 Å². The van der Waals surface area contributed by atoms with Crippen molar-refractivity contribution in [1.82, 2.24) is 15.1 Å². The summed E-state index contributed by atoms with van der Waals surface area (Å²) >= 11 is 0. The molecule has 3 heteroatoms. The van der Waals surface area contributed by atoms with E-state index in [1.165, 1.54) is 45.6 Å². The van der Waals surface area contributed by atoms with Gasteiger partial charge >= 0.3 is 0 Å². The first-order chi connectivity index (χ1) is 7.98. The summed E-state index contributed by atoms with van der Waals surface area (Å²) in [6.45, 7) is 13.3. The summed E-state index contributed by atoms with van der Waals surface area (Å²) in [5, 5.41) is 3.47. The van der Waals surface area contributed by atoms with Crippen molar-refractivity contribution in [3.05, 3.63) is 0 Å². The van der Waals surface area contributed by atoms with Crippen LogP contribution in [0.15, 0.2) is 0 Å². The smallest absolute Gasteiger partial charge is 0.0269 e. The van der Waals surface area contributed by atoms with Gasteiger partial charge < -0.3 is 10.2 Å². The lowest BCUT2D eigenvalue weighted by atomic mass is 9.84. The Morgan fingerprint density at radius 2 is 1.71 bits per heavy atom. The molecule has 2 rings (SSSR count). The minimum absolute atomic E-state index is 0.389. The maximum absolute atomic E-state index is 3.47. The predicted molar refractivity (Wildman–Crippen MR) is 73.3 cm³/mol. The van der Waals surface area contributed by atoms with Crippen LogP contribution in [0.1, 0.15) is 33.6 Å². The first-order valence-electron chi connectivity index (χ1n) is 7.13. The van der Waals surface area contributed by atoms with Crippen LogP contribution in [0.2, 0.25) is 0 Å².